The Kier molecular flexibility index (Phi) is 3.57. The summed E-state index contributed by atoms with van der Waals surface area (Å²) in [6.07, 6.45) is 2.47. The van der Waals surface area contributed by atoms with Gasteiger partial charge in [0, 0.05) is 24.5 Å². The van der Waals surface area contributed by atoms with E-state index < -0.39 is 0 Å². The van der Waals surface area contributed by atoms with Crippen molar-refractivity contribution < 1.29 is 0 Å². The van der Waals surface area contributed by atoms with Crippen LogP contribution in [0.15, 0.2) is 11.4 Å². The second-order valence-electron chi connectivity index (χ2n) is 5.68. The Labute approximate surface area is 136 Å². The lowest BCUT2D eigenvalue weighted by Crippen LogP contribution is -2.44. The molecule has 0 spiro atoms. The first-order valence-corrected chi connectivity index (χ1v) is 9.27. The molecule has 2 aliphatic heterocycles. The molecular weight excluding hydrogens is 324 g/mol. The fourth-order valence-corrected chi connectivity index (χ4v) is 5.38. The predicted molar refractivity (Wildman–Crippen MR) is 91.6 cm³/mol. The third-order valence-electron chi connectivity index (χ3n) is 4.37. The van der Waals surface area contributed by atoms with Crippen LogP contribution in [0.4, 0.5) is 10.1 Å². The van der Waals surface area contributed by atoms with Crippen LogP contribution >= 0.6 is 34.3 Å². The van der Waals surface area contributed by atoms with Gasteiger partial charge in [-0.3, -0.25) is 0 Å². The van der Waals surface area contributed by atoms with Crippen molar-refractivity contribution in [2.45, 2.75) is 18.9 Å². The molecule has 0 amide bonds. The SMILES string of the molecule is Nc1nc(-c2cc(Cl)cs2)c(N2CCC3NCCC3C2)s1. The first kappa shape index (κ1) is 13.8. The van der Waals surface area contributed by atoms with Crippen molar-refractivity contribution in [2.24, 2.45) is 5.92 Å². The van der Waals surface area contributed by atoms with Gasteiger partial charge in [-0.2, -0.15) is 0 Å². The molecule has 112 valence electrons. The summed E-state index contributed by atoms with van der Waals surface area (Å²) in [5.74, 6) is 0.752. The zero-order valence-electron chi connectivity index (χ0n) is 11.5. The van der Waals surface area contributed by atoms with E-state index in [1.807, 2.05) is 11.4 Å². The maximum atomic E-state index is 6.06. The van der Waals surface area contributed by atoms with Crippen molar-refractivity contribution >= 4 is 44.4 Å². The Hall–Kier alpha value is -0.820. The number of anilines is 2. The van der Waals surface area contributed by atoms with Crippen LogP contribution in [0.1, 0.15) is 12.8 Å². The van der Waals surface area contributed by atoms with Gasteiger partial charge in [0.25, 0.3) is 0 Å². The smallest absolute Gasteiger partial charge is 0.182 e. The van der Waals surface area contributed by atoms with Crippen LogP contribution in [0.2, 0.25) is 5.02 Å². The van der Waals surface area contributed by atoms with Crippen molar-refractivity contribution in [3.05, 3.63) is 16.5 Å². The van der Waals surface area contributed by atoms with Crippen LogP contribution in [0, 0.1) is 5.92 Å². The van der Waals surface area contributed by atoms with Crippen LogP contribution in [-0.4, -0.2) is 30.7 Å². The van der Waals surface area contributed by atoms with Crippen molar-refractivity contribution in [1.29, 1.82) is 0 Å². The summed E-state index contributed by atoms with van der Waals surface area (Å²) >= 11 is 9.29. The normalized spacial score (nSPS) is 25.3. The lowest BCUT2D eigenvalue weighted by atomic mass is 9.93. The standard InChI is InChI=1S/C14H17ClN4S2/c15-9-5-11(20-7-9)12-13(21-14(16)18-12)19-4-2-10-8(6-19)1-3-17-10/h5,7-8,10,17H,1-4,6H2,(H2,16,18). The summed E-state index contributed by atoms with van der Waals surface area (Å²) in [6.45, 7) is 3.33. The molecule has 2 saturated heterocycles. The molecule has 3 N–H and O–H groups in total. The quantitative estimate of drug-likeness (QED) is 0.880. The van der Waals surface area contributed by atoms with E-state index in [0.29, 0.717) is 11.2 Å². The minimum atomic E-state index is 0.635. The van der Waals surface area contributed by atoms with Gasteiger partial charge in [-0.05, 0) is 31.4 Å². The number of nitrogens with zero attached hydrogens (tertiary/aromatic N) is 2. The number of rotatable bonds is 2. The highest BCUT2D eigenvalue weighted by molar-refractivity contribution is 7.20. The van der Waals surface area contributed by atoms with Gasteiger partial charge in [0.15, 0.2) is 5.13 Å². The second kappa shape index (κ2) is 5.43. The van der Waals surface area contributed by atoms with Gasteiger partial charge in [-0.1, -0.05) is 22.9 Å². The summed E-state index contributed by atoms with van der Waals surface area (Å²) in [6, 6.07) is 2.68. The number of nitrogens with one attached hydrogen (secondary N) is 1. The van der Waals surface area contributed by atoms with Gasteiger partial charge >= 0.3 is 0 Å². The average Bonchev–Trinajstić information content (AvgIpc) is 3.16. The molecule has 7 heteroatoms. The number of fused-ring (bicyclic) bond motifs is 1. The first-order chi connectivity index (χ1) is 10.2. The van der Waals surface area contributed by atoms with E-state index in [0.717, 1.165) is 41.1 Å². The molecule has 0 bridgehead atoms. The van der Waals surface area contributed by atoms with Gasteiger partial charge in [0.1, 0.15) is 10.7 Å². The van der Waals surface area contributed by atoms with E-state index in [4.69, 9.17) is 17.3 Å². The first-order valence-electron chi connectivity index (χ1n) is 7.20. The molecule has 2 aromatic rings. The summed E-state index contributed by atoms with van der Waals surface area (Å²) in [7, 11) is 0. The van der Waals surface area contributed by atoms with E-state index >= 15 is 0 Å². The van der Waals surface area contributed by atoms with Crippen LogP contribution in [0.5, 0.6) is 0 Å². The highest BCUT2D eigenvalue weighted by Crippen LogP contribution is 2.42. The number of piperidine rings is 1. The van der Waals surface area contributed by atoms with Gasteiger partial charge in [0.05, 0.1) is 9.90 Å². The third kappa shape index (κ3) is 2.54. The van der Waals surface area contributed by atoms with Gasteiger partial charge in [-0.25, -0.2) is 4.98 Å². The van der Waals surface area contributed by atoms with E-state index in [9.17, 15) is 0 Å². The summed E-state index contributed by atoms with van der Waals surface area (Å²) < 4.78 is 0. The Balaban J connectivity index is 1.65. The molecule has 2 atom stereocenters. The predicted octanol–water partition coefficient (Wildman–Crippen LogP) is 3.30. The van der Waals surface area contributed by atoms with E-state index in [1.54, 1.807) is 22.7 Å². The van der Waals surface area contributed by atoms with Gasteiger partial charge in [-0.15, -0.1) is 11.3 Å². The van der Waals surface area contributed by atoms with Crippen LogP contribution in [0.25, 0.3) is 10.6 Å². The molecule has 4 nitrogen and oxygen atoms in total. The lowest BCUT2D eigenvalue weighted by molar-refractivity contribution is 0.377. The van der Waals surface area contributed by atoms with Crippen LogP contribution in [-0.2, 0) is 0 Å². The highest BCUT2D eigenvalue weighted by Gasteiger charge is 2.34. The molecule has 4 heterocycles. The van der Waals surface area contributed by atoms with Crippen molar-refractivity contribution in [1.82, 2.24) is 10.3 Å². The van der Waals surface area contributed by atoms with Crippen molar-refractivity contribution in [3.63, 3.8) is 0 Å². The second-order valence-corrected chi connectivity index (χ2v) is 8.04. The maximum Gasteiger partial charge on any atom is 0.182 e. The number of nitrogen functional groups attached to an aromatic ring is 1. The molecule has 2 unspecified atom stereocenters. The molecule has 2 aromatic heterocycles. The van der Waals surface area contributed by atoms with Crippen LogP contribution in [0.3, 0.4) is 0 Å². The summed E-state index contributed by atoms with van der Waals surface area (Å²) in [5.41, 5.74) is 6.98. The molecule has 0 aliphatic carbocycles. The Morgan fingerprint density at radius 3 is 3.14 bits per heavy atom. The third-order valence-corrected chi connectivity index (χ3v) is 6.60. The van der Waals surface area contributed by atoms with E-state index in [1.165, 1.54) is 17.8 Å². The Bertz CT molecular complexity index is 653. The van der Waals surface area contributed by atoms with Gasteiger partial charge < -0.3 is 16.0 Å². The molecule has 0 radical (unpaired) electrons. The number of hydrogen-bond acceptors (Lipinski definition) is 6. The average molecular weight is 341 g/mol. The molecule has 0 aromatic carbocycles. The van der Waals surface area contributed by atoms with Gasteiger partial charge in [0.2, 0.25) is 0 Å². The number of hydrogen-bond donors (Lipinski definition) is 2. The van der Waals surface area contributed by atoms with E-state index in [2.05, 4.69) is 15.2 Å². The maximum absolute atomic E-state index is 6.06. The van der Waals surface area contributed by atoms with E-state index in [-0.39, 0.29) is 0 Å². The fourth-order valence-electron chi connectivity index (χ4n) is 3.37. The molecule has 2 aliphatic rings. The monoisotopic (exact) mass is 340 g/mol. The number of halogens is 1. The zero-order valence-corrected chi connectivity index (χ0v) is 13.9. The fraction of sp³-hybridized carbons (Fsp3) is 0.500. The summed E-state index contributed by atoms with van der Waals surface area (Å²) in [5, 5.41) is 8.16. The van der Waals surface area contributed by atoms with Crippen LogP contribution < -0.4 is 16.0 Å². The summed E-state index contributed by atoms with van der Waals surface area (Å²) in [4.78, 5) is 8.12. The molecule has 0 saturated carbocycles. The zero-order chi connectivity index (χ0) is 14.4. The molecule has 4 rings (SSSR count). The van der Waals surface area contributed by atoms with Crippen molar-refractivity contribution in [3.8, 4) is 10.6 Å². The highest BCUT2D eigenvalue weighted by atomic mass is 35.5. The lowest BCUT2D eigenvalue weighted by Gasteiger charge is -2.35. The number of nitrogens with two attached hydrogens (primary N) is 1. The van der Waals surface area contributed by atoms with Crippen molar-refractivity contribution in [2.75, 3.05) is 30.3 Å². The number of thiazole rings is 1. The molecule has 21 heavy (non-hydrogen) atoms. The Morgan fingerprint density at radius 2 is 2.33 bits per heavy atom. The Morgan fingerprint density at radius 1 is 1.43 bits per heavy atom. The molecule has 2 fully saturated rings. The number of thiophene rings is 1. The minimum absolute atomic E-state index is 0.635. The topological polar surface area (TPSA) is 54.2 Å². The minimum Gasteiger partial charge on any atom is -0.375 e. The number of aromatic nitrogens is 1. The largest absolute Gasteiger partial charge is 0.375 e. The molecular formula is C14H17ClN4S2.